The van der Waals surface area contributed by atoms with Crippen LogP contribution >= 0.6 is 0 Å². The van der Waals surface area contributed by atoms with Crippen LogP contribution in [-0.4, -0.2) is 41.8 Å². The second-order valence-corrected chi connectivity index (χ2v) is 8.89. The Morgan fingerprint density at radius 1 is 1.06 bits per heavy atom. The molecule has 0 aliphatic heterocycles. The molecule has 2 atom stereocenters. The number of amides is 2. The van der Waals surface area contributed by atoms with Gasteiger partial charge in [-0.15, -0.1) is 0 Å². The summed E-state index contributed by atoms with van der Waals surface area (Å²) < 4.78 is 5.60. The van der Waals surface area contributed by atoms with Crippen molar-refractivity contribution in [2.75, 3.05) is 6.61 Å². The van der Waals surface area contributed by atoms with Crippen LogP contribution < -0.4 is 10.6 Å². The number of carboxylic acid groups (broad SMARTS) is 1. The highest BCUT2D eigenvalue weighted by atomic mass is 16.5. The van der Waals surface area contributed by atoms with Crippen molar-refractivity contribution >= 4 is 18.0 Å². The number of carboxylic acids is 1. The van der Waals surface area contributed by atoms with E-state index in [4.69, 9.17) is 9.84 Å². The summed E-state index contributed by atoms with van der Waals surface area (Å²) in [5, 5.41) is 14.7. The van der Waals surface area contributed by atoms with E-state index in [1.165, 1.54) is 11.1 Å². The Morgan fingerprint density at radius 3 is 2.32 bits per heavy atom. The molecule has 7 nitrogen and oxygen atoms in total. The van der Waals surface area contributed by atoms with Crippen molar-refractivity contribution < 1.29 is 24.2 Å². The standard InChI is InChI=1S/C27H30N2O5/c1-2-7-18(15-25(30)31)28-26(32)17-12-13-19(14-17)29-27(33)34-16-24-22-10-5-3-8-20(22)21-9-4-6-11-23(21)24/h3-6,8-12,18-19,24H,2,7,13-16H2,1H3,(H,28,32)(H,29,33)(H,30,31)/t18-,19?/m1/s1. The topological polar surface area (TPSA) is 105 Å². The van der Waals surface area contributed by atoms with Crippen molar-refractivity contribution in [2.45, 2.75) is 57.0 Å². The number of alkyl carbamates (subject to hydrolysis) is 1. The molecule has 0 bridgehead atoms. The fraction of sp³-hybridized carbons (Fsp3) is 0.370. The monoisotopic (exact) mass is 462 g/mol. The van der Waals surface area contributed by atoms with Crippen LogP contribution in [0.3, 0.4) is 0 Å². The van der Waals surface area contributed by atoms with Gasteiger partial charge in [0.05, 0.1) is 6.42 Å². The van der Waals surface area contributed by atoms with Gasteiger partial charge in [0.1, 0.15) is 6.61 Å². The second-order valence-electron chi connectivity index (χ2n) is 8.89. The van der Waals surface area contributed by atoms with Crippen molar-refractivity contribution in [3.8, 4) is 11.1 Å². The molecule has 0 saturated carbocycles. The highest BCUT2D eigenvalue weighted by Gasteiger charge is 2.30. The Hall–Kier alpha value is -3.61. The first-order chi connectivity index (χ1) is 16.5. The lowest BCUT2D eigenvalue weighted by Crippen LogP contribution is -2.38. The van der Waals surface area contributed by atoms with E-state index in [0.29, 0.717) is 24.8 Å². The number of hydrogen-bond donors (Lipinski definition) is 3. The van der Waals surface area contributed by atoms with Gasteiger partial charge in [-0.1, -0.05) is 68.0 Å². The smallest absolute Gasteiger partial charge is 0.407 e. The number of hydrogen-bond acceptors (Lipinski definition) is 4. The van der Waals surface area contributed by atoms with Crippen LogP contribution in [0, 0.1) is 0 Å². The van der Waals surface area contributed by atoms with Gasteiger partial charge < -0.3 is 20.5 Å². The minimum Gasteiger partial charge on any atom is -0.481 e. The number of ether oxygens (including phenoxy) is 1. The third-order valence-electron chi connectivity index (χ3n) is 6.47. The van der Waals surface area contributed by atoms with Gasteiger partial charge in [0, 0.05) is 23.6 Å². The molecule has 3 N–H and O–H groups in total. The molecule has 2 aliphatic rings. The van der Waals surface area contributed by atoms with Gasteiger partial charge in [-0.3, -0.25) is 9.59 Å². The van der Waals surface area contributed by atoms with E-state index < -0.39 is 18.1 Å². The molecule has 0 spiro atoms. The number of carbonyl (C=O) groups excluding carboxylic acids is 2. The molecule has 0 heterocycles. The summed E-state index contributed by atoms with van der Waals surface area (Å²) >= 11 is 0. The number of rotatable bonds is 9. The fourth-order valence-corrected chi connectivity index (χ4v) is 4.88. The lowest BCUT2D eigenvalue weighted by molar-refractivity contribution is -0.137. The summed E-state index contributed by atoms with van der Waals surface area (Å²) in [6, 6.07) is 15.7. The largest absolute Gasteiger partial charge is 0.481 e. The Kier molecular flexibility index (Phi) is 7.30. The summed E-state index contributed by atoms with van der Waals surface area (Å²) in [6.45, 7) is 2.19. The van der Waals surface area contributed by atoms with Crippen LogP contribution in [0.5, 0.6) is 0 Å². The molecule has 34 heavy (non-hydrogen) atoms. The average Bonchev–Trinajstić information content (AvgIpc) is 3.40. The SMILES string of the molecule is CCC[C@H](CC(=O)O)NC(=O)C1=CCC(NC(=O)OCC2c3ccccc3-c3ccccc32)C1. The van der Waals surface area contributed by atoms with Gasteiger partial charge in [-0.05, 0) is 41.5 Å². The van der Waals surface area contributed by atoms with Crippen LogP contribution in [0.2, 0.25) is 0 Å². The molecule has 1 unspecified atom stereocenters. The molecular formula is C27H30N2O5. The zero-order valence-corrected chi connectivity index (χ0v) is 19.3. The van der Waals surface area contributed by atoms with Gasteiger partial charge in [0.25, 0.3) is 0 Å². The molecule has 0 saturated heterocycles. The molecule has 2 aromatic rings. The fourth-order valence-electron chi connectivity index (χ4n) is 4.88. The van der Waals surface area contributed by atoms with Gasteiger partial charge in [0.2, 0.25) is 5.91 Å². The van der Waals surface area contributed by atoms with Crippen LogP contribution in [0.15, 0.2) is 60.2 Å². The van der Waals surface area contributed by atoms with Gasteiger partial charge in [-0.25, -0.2) is 4.79 Å². The highest BCUT2D eigenvalue weighted by molar-refractivity contribution is 5.94. The van der Waals surface area contributed by atoms with Crippen molar-refractivity contribution in [1.29, 1.82) is 0 Å². The van der Waals surface area contributed by atoms with Crippen molar-refractivity contribution in [3.63, 3.8) is 0 Å². The second kappa shape index (κ2) is 10.5. The normalized spacial score (nSPS) is 17.3. The number of nitrogens with one attached hydrogen (secondary N) is 2. The van der Waals surface area contributed by atoms with Crippen molar-refractivity contribution in [1.82, 2.24) is 10.6 Å². The zero-order valence-electron chi connectivity index (χ0n) is 19.3. The third-order valence-corrected chi connectivity index (χ3v) is 6.47. The summed E-state index contributed by atoms with van der Waals surface area (Å²) in [6.07, 6.45) is 3.50. The minimum absolute atomic E-state index is 0.00840. The molecule has 0 fully saturated rings. The molecule has 0 aromatic heterocycles. The maximum Gasteiger partial charge on any atom is 0.407 e. The lowest BCUT2D eigenvalue weighted by Gasteiger charge is -2.18. The molecule has 2 aromatic carbocycles. The Labute approximate surface area is 199 Å². The van der Waals surface area contributed by atoms with E-state index in [1.54, 1.807) is 6.08 Å². The zero-order chi connectivity index (χ0) is 24.1. The van der Waals surface area contributed by atoms with E-state index in [2.05, 4.69) is 34.9 Å². The maximum atomic E-state index is 12.6. The molecule has 0 radical (unpaired) electrons. The van der Waals surface area contributed by atoms with E-state index in [0.717, 1.165) is 17.5 Å². The van der Waals surface area contributed by atoms with Gasteiger partial charge in [0.15, 0.2) is 0 Å². The molecule has 4 rings (SSSR count). The first kappa shape index (κ1) is 23.5. The van der Waals surface area contributed by atoms with Crippen LogP contribution in [0.4, 0.5) is 4.79 Å². The Balaban J connectivity index is 1.28. The number of aliphatic carboxylic acids is 1. The average molecular weight is 463 g/mol. The summed E-state index contributed by atoms with van der Waals surface area (Å²) in [7, 11) is 0. The third kappa shape index (κ3) is 5.30. The summed E-state index contributed by atoms with van der Waals surface area (Å²) in [5.74, 6) is -1.21. The Morgan fingerprint density at radius 2 is 1.71 bits per heavy atom. The van der Waals surface area contributed by atoms with E-state index in [1.807, 2.05) is 31.2 Å². The summed E-state index contributed by atoms with van der Waals surface area (Å²) in [5.41, 5.74) is 5.22. The van der Waals surface area contributed by atoms with Crippen molar-refractivity contribution in [3.05, 3.63) is 71.3 Å². The number of benzene rings is 2. The number of carbonyl (C=O) groups is 3. The van der Waals surface area contributed by atoms with Gasteiger partial charge in [-0.2, -0.15) is 0 Å². The maximum absolute atomic E-state index is 12.6. The molecule has 178 valence electrons. The molecule has 7 heteroatoms. The quantitative estimate of drug-likeness (QED) is 0.513. The first-order valence-corrected chi connectivity index (χ1v) is 11.8. The predicted molar refractivity (Wildman–Crippen MR) is 128 cm³/mol. The van der Waals surface area contributed by atoms with Crippen molar-refractivity contribution in [2.24, 2.45) is 0 Å². The minimum atomic E-state index is -0.936. The van der Waals surface area contributed by atoms with Crippen LogP contribution in [-0.2, 0) is 14.3 Å². The molecular weight excluding hydrogens is 432 g/mol. The lowest BCUT2D eigenvalue weighted by atomic mass is 9.98. The van der Waals surface area contributed by atoms with Gasteiger partial charge >= 0.3 is 12.1 Å². The Bertz CT molecular complexity index is 1060. The van der Waals surface area contributed by atoms with Crippen LogP contribution in [0.1, 0.15) is 56.1 Å². The van der Waals surface area contributed by atoms with Crippen LogP contribution in [0.25, 0.3) is 11.1 Å². The van der Waals surface area contributed by atoms with E-state index >= 15 is 0 Å². The van der Waals surface area contributed by atoms with E-state index in [-0.39, 0.29) is 30.9 Å². The summed E-state index contributed by atoms with van der Waals surface area (Å²) in [4.78, 5) is 36.1. The highest BCUT2D eigenvalue weighted by Crippen LogP contribution is 2.44. The molecule has 2 aliphatic carbocycles. The first-order valence-electron chi connectivity index (χ1n) is 11.8. The molecule has 2 amide bonds. The number of fused-ring (bicyclic) bond motifs is 3. The predicted octanol–water partition coefficient (Wildman–Crippen LogP) is 4.37. The van der Waals surface area contributed by atoms with E-state index in [9.17, 15) is 14.4 Å².